The van der Waals surface area contributed by atoms with E-state index >= 15 is 0 Å². The van der Waals surface area contributed by atoms with Crippen LogP contribution in [-0.4, -0.2) is 45.4 Å². The van der Waals surface area contributed by atoms with E-state index in [2.05, 4.69) is 0 Å². The first kappa shape index (κ1) is 22.6. The molecule has 0 bridgehead atoms. The lowest BCUT2D eigenvalue weighted by Crippen LogP contribution is -2.34. The summed E-state index contributed by atoms with van der Waals surface area (Å²) < 4.78 is 4.41. The Labute approximate surface area is 184 Å². The van der Waals surface area contributed by atoms with Crippen molar-refractivity contribution in [3.8, 4) is 0 Å². The van der Waals surface area contributed by atoms with Crippen LogP contribution in [0.1, 0.15) is 30.1 Å². The SMILES string of the molecule is O=C(O)COCCC1SC(Cl)C(=O)N1c1ccc(C(O)CCc2ccccc2)cc1. The van der Waals surface area contributed by atoms with E-state index in [0.717, 1.165) is 12.0 Å². The van der Waals surface area contributed by atoms with Crippen molar-refractivity contribution in [2.45, 2.75) is 35.4 Å². The van der Waals surface area contributed by atoms with Crippen molar-refractivity contribution in [2.75, 3.05) is 18.1 Å². The van der Waals surface area contributed by atoms with Crippen LogP contribution in [0.4, 0.5) is 5.69 Å². The van der Waals surface area contributed by atoms with Gasteiger partial charge in [0.15, 0.2) is 4.71 Å². The third-order valence-electron chi connectivity index (χ3n) is 4.84. The molecule has 2 N–H and O–H groups in total. The number of rotatable bonds is 10. The summed E-state index contributed by atoms with van der Waals surface area (Å²) in [6, 6.07) is 17.3. The quantitative estimate of drug-likeness (QED) is 0.423. The van der Waals surface area contributed by atoms with E-state index in [-0.39, 0.29) is 24.5 Å². The van der Waals surface area contributed by atoms with Crippen molar-refractivity contribution >= 4 is 40.9 Å². The number of carbonyl (C=O) groups is 2. The Morgan fingerprint density at radius 2 is 1.87 bits per heavy atom. The van der Waals surface area contributed by atoms with Gasteiger partial charge >= 0.3 is 5.97 Å². The van der Waals surface area contributed by atoms with Gasteiger partial charge in [0.1, 0.15) is 6.61 Å². The molecule has 1 amide bonds. The molecule has 3 unspecified atom stereocenters. The summed E-state index contributed by atoms with van der Waals surface area (Å²) in [6.45, 7) is -0.154. The van der Waals surface area contributed by atoms with Crippen molar-refractivity contribution < 1.29 is 24.5 Å². The zero-order chi connectivity index (χ0) is 21.5. The van der Waals surface area contributed by atoms with Crippen molar-refractivity contribution in [2.24, 2.45) is 0 Å². The van der Waals surface area contributed by atoms with Crippen molar-refractivity contribution in [1.82, 2.24) is 0 Å². The molecule has 160 valence electrons. The van der Waals surface area contributed by atoms with E-state index in [0.29, 0.717) is 18.5 Å². The van der Waals surface area contributed by atoms with Crippen LogP contribution in [0.3, 0.4) is 0 Å². The highest BCUT2D eigenvalue weighted by Gasteiger charge is 2.39. The number of hydrogen-bond acceptors (Lipinski definition) is 5. The zero-order valence-corrected chi connectivity index (χ0v) is 17.9. The summed E-state index contributed by atoms with van der Waals surface area (Å²) in [5.41, 5.74) is 2.66. The first-order chi connectivity index (χ1) is 14.5. The molecule has 0 aromatic heterocycles. The van der Waals surface area contributed by atoms with Gasteiger partial charge in [0.05, 0.1) is 18.1 Å². The number of aryl methyl sites for hydroxylation is 1. The van der Waals surface area contributed by atoms with E-state index in [1.54, 1.807) is 17.0 Å². The Balaban J connectivity index is 1.61. The highest BCUT2D eigenvalue weighted by atomic mass is 35.5. The number of aliphatic hydroxyl groups excluding tert-OH is 1. The van der Waals surface area contributed by atoms with E-state index < -0.39 is 16.8 Å². The number of carbonyl (C=O) groups excluding carboxylic acids is 1. The number of amides is 1. The average molecular weight is 450 g/mol. The maximum absolute atomic E-state index is 12.5. The van der Waals surface area contributed by atoms with E-state index in [9.17, 15) is 14.7 Å². The Hall–Kier alpha value is -2.06. The lowest BCUT2D eigenvalue weighted by molar-refractivity contribution is -0.142. The molecule has 0 radical (unpaired) electrons. The largest absolute Gasteiger partial charge is 0.480 e. The molecule has 0 spiro atoms. The normalized spacial score (nSPS) is 19.8. The van der Waals surface area contributed by atoms with Crippen molar-refractivity contribution in [3.05, 3.63) is 65.7 Å². The third kappa shape index (κ3) is 5.98. The average Bonchev–Trinajstić information content (AvgIpc) is 3.03. The van der Waals surface area contributed by atoms with Crippen LogP contribution < -0.4 is 4.90 Å². The number of carboxylic acids is 1. The van der Waals surface area contributed by atoms with Crippen molar-refractivity contribution in [3.63, 3.8) is 0 Å². The molecular formula is C22H24ClNO5S. The lowest BCUT2D eigenvalue weighted by atomic mass is 10.0. The molecule has 6 nitrogen and oxygen atoms in total. The molecule has 0 aliphatic carbocycles. The second-order valence-corrected chi connectivity index (χ2v) is 8.96. The molecule has 2 aromatic rings. The lowest BCUT2D eigenvalue weighted by Gasteiger charge is -2.24. The minimum absolute atomic E-state index is 0.206. The monoisotopic (exact) mass is 449 g/mol. The number of hydrogen-bond donors (Lipinski definition) is 2. The molecule has 1 heterocycles. The van der Waals surface area contributed by atoms with Gasteiger partial charge in [0.25, 0.3) is 5.91 Å². The number of aliphatic hydroxyl groups is 1. The molecule has 30 heavy (non-hydrogen) atoms. The third-order valence-corrected chi connectivity index (χ3v) is 6.53. The van der Waals surface area contributed by atoms with Crippen LogP contribution in [0.15, 0.2) is 54.6 Å². The van der Waals surface area contributed by atoms with Gasteiger partial charge < -0.3 is 14.9 Å². The highest BCUT2D eigenvalue weighted by molar-refractivity contribution is 8.03. The van der Waals surface area contributed by atoms with E-state index in [1.807, 2.05) is 42.5 Å². The smallest absolute Gasteiger partial charge is 0.329 e. The molecular weight excluding hydrogens is 426 g/mol. The molecule has 0 saturated carbocycles. The number of ether oxygens (including phenoxy) is 1. The number of nitrogens with zero attached hydrogens (tertiary/aromatic N) is 1. The minimum atomic E-state index is -1.03. The van der Waals surface area contributed by atoms with Gasteiger partial charge in [-0.3, -0.25) is 9.69 Å². The van der Waals surface area contributed by atoms with Gasteiger partial charge in [-0.15, -0.1) is 23.4 Å². The maximum atomic E-state index is 12.5. The van der Waals surface area contributed by atoms with Gasteiger partial charge in [-0.2, -0.15) is 0 Å². The molecule has 8 heteroatoms. The van der Waals surface area contributed by atoms with Crippen LogP contribution in [0.2, 0.25) is 0 Å². The fraction of sp³-hybridized carbons (Fsp3) is 0.364. The fourth-order valence-electron chi connectivity index (χ4n) is 3.31. The second-order valence-electron chi connectivity index (χ2n) is 6.98. The second kappa shape index (κ2) is 10.8. The van der Waals surface area contributed by atoms with Crippen LogP contribution >= 0.6 is 23.4 Å². The molecule has 1 saturated heterocycles. The van der Waals surface area contributed by atoms with Gasteiger partial charge in [0, 0.05) is 12.1 Å². The first-order valence-corrected chi connectivity index (χ1v) is 11.1. The number of anilines is 1. The summed E-state index contributed by atoms with van der Waals surface area (Å²) in [7, 11) is 0. The Morgan fingerprint density at radius 1 is 1.17 bits per heavy atom. The van der Waals surface area contributed by atoms with Crippen molar-refractivity contribution in [1.29, 1.82) is 0 Å². The van der Waals surface area contributed by atoms with Crippen LogP contribution in [-0.2, 0) is 20.7 Å². The van der Waals surface area contributed by atoms with Gasteiger partial charge in [0.2, 0.25) is 0 Å². The zero-order valence-electron chi connectivity index (χ0n) is 16.3. The predicted octanol–water partition coefficient (Wildman–Crippen LogP) is 3.81. The van der Waals surface area contributed by atoms with E-state index in [1.165, 1.54) is 17.3 Å². The minimum Gasteiger partial charge on any atom is -0.480 e. The number of carboxylic acid groups (broad SMARTS) is 1. The van der Waals surface area contributed by atoms with Gasteiger partial charge in [-0.05, 0) is 36.1 Å². The Morgan fingerprint density at radius 3 is 2.53 bits per heavy atom. The number of aliphatic carboxylic acids is 1. The van der Waals surface area contributed by atoms with Gasteiger partial charge in [-0.25, -0.2) is 4.79 Å². The number of alkyl halides is 1. The Kier molecular flexibility index (Phi) is 8.16. The first-order valence-electron chi connectivity index (χ1n) is 9.70. The number of halogens is 1. The summed E-state index contributed by atoms with van der Waals surface area (Å²) in [6.07, 6.45) is 1.25. The summed E-state index contributed by atoms with van der Waals surface area (Å²) in [5, 5.41) is 18.9. The van der Waals surface area contributed by atoms with Crippen LogP contribution in [0, 0.1) is 0 Å². The molecule has 3 rings (SSSR count). The van der Waals surface area contributed by atoms with Crippen LogP contribution in [0.25, 0.3) is 0 Å². The number of benzene rings is 2. The van der Waals surface area contributed by atoms with E-state index in [4.69, 9.17) is 21.4 Å². The molecule has 2 aromatic carbocycles. The summed E-state index contributed by atoms with van der Waals surface area (Å²) >= 11 is 7.46. The topological polar surface area (TPSA) is 87.1 Å². The predicted molar refractivity (Wildman–Crippen MR) is 118 cm³/mol. The Bertz CT molecular complexity index is 848. The summed E-state index contributed by atoms with van der Waals surface area (Å²) in [5.74, 6) is -1.24. The molecule has 1 aliphatic heterocycles. The molecule has 3 atom stereocenters. The maximum Gasteiger partial charge on any atom is 0.329 e. The standard InChI is InChI=1S/C22H24ClNO5S/c23-21-22(28)24(19(30-21)12-13-29-14-20(26)27)17-9-7-16(8-10-17)18(25)11-6-15-4-2-1-3-5-15/h1-5,7-10,18-19,21,25H,6,11-14H2,(H,26,27). The molecule has 1 fully saturated rings. The van der Waals surface area contributed by atoms with Gasteiger partial charge in [-0.1, -0.05) is 42.5 Å². The van der Waals surface area contributed by atoms with Crippen LogP contribution in [0.5, 0.6) is 0 Å². The summed E-state index contributed by atoms with van der Waals surface area (Å²) in [4.78, 5) is 24.7. The fourth-order valence-corrected chi connectivity index (χ4v) is 4.86. The number of thioether (sulfide) groups is 1. The highest BCUT2D eigenvalue weighted by Crippen LogP contribution is 2.39. The molecule has 1 aliphatic rings.